The molecule has 2 saturated carbocycles. The molecule has 0 spiro atoms. The molecule has 1 aromatic carbocycles. The molecular weight excluding hydrogens is 420 g/mol. The molecule has 8 nitrogen and oxygen atoms in total. The Labute approximate surface area is 181 Å². The summed E-state index contributed by atoms with van der Waals surface area (Å²) in [4.78, 5) is 25.1. The minimum absolute atomic E-state index is 0.0354. The first kappa shape index (κ1) is 21.6. The molecule has 0 radical (unpaired) electrons. The highest BCUT2D eigenvalue weighted by Crippen LogP contribution is 2.38. The maximum absolute atomic E-state index is 12.6. The van der Waals surface area contributed by atoms with Gasteiger partial charge in [0.1, 0.15) is 10.6 Å². The molecule has 2 aliphatic carbocycles. The van der Waals surface area contributed by atoms with Crippen molar-refractivity contribution in [1.82, 2.24) is 9.29 Å². The van der Waals surface area contributed by atoms with Crippen molar-refractivity contribution in [2.75, 3.05) is 13.7 Å². The van der Waals surface area contributed by atoms with Crippen LogP contribution in [-0.4, -0.2) is 44.5 Å². The summed E-state index contributed by atoms with van der Waals surface area (Å²) >= 11 is 0. The number of Topliss-reactive ketones (excluding diaryl/α,β-unsaturated/α-hetero) is 1. The van der Waals surface area contributed by atoms with Crippen LogP contribution in [0.4, 0.5) is 0 Å². The Morgan fingerprint density at radius 1 is 1.13 bits per heavy atom. The van der Waals surface area contributed by atoms with E-state index >= 15 is 0 Å². The summed E-state index contributed by atoms with van der Waals surface area (Å²) in [5.74, 6) is -0.923. The van der Waals surface area contributed by atoms with Crippen LogP contribution in [-0.2, 0) is 14.8 Å². The molecule has 4 rings (SSSR count). The van der Waals surface area contributed by atoms with Crippen molar-refractivity contribution in [2.45, 2.75) is 56.5 Å². The highest BCUT2D eigenvalue weighted by Gasteiger charge is 2.31. The molecule has 0 unspecified atom stereocenters. The molecule has 2 aliphatic rings. The Balaban J connectivity index is 1.48. The quantitative estimate of drug-likeness (QED) is 0.469. The van der Waals surface area contributed by atoms with Gasteiger partial charge in [0, 0.05) is 29.0 Å². The number of rotatable bonds is 9. The number of methoxy groups -OCH3 is 1. The number of carbonyl (C=O) groups is 2. The number of ether oxygens (including phenoxy) is 2. The second kappa shape index (κ2) is 8.12. The molecule has 2 aromatic rings. The van der Waals surface area contributed by atoms with Gasteiger partial charge in [-0.1, -0.05) is 0 Å². The largest absolute Gasteiger partial charge is 0.495 e. The Morgan fingerprint density at radius 2 is 1.84 bits per heavy atom. The number of esters is 1. The summed E-state index contributed by atoms with van der Waals surface area (Å²) in [7, 11) is -2.47. The summed E-state index contributed by atoms with van der Waals surface area (Å²) in [6.07, 6.45) is 3.79. The van der Waals surface area contributed by atoms with E-state index in [2.05, 4.69) is 9.29 Å². The van der Waals surface area contributed by atoms with E-state index in [1.165, 1.54) is 25.3 Å². The van der Waals surface area contributed by atoms with Crippen molar-refractivity contribution in [3.8, 4) is 5.75 Å². The van der Waals surface area contributed by atoms with Crippen molar-refractivity contribution >= 4 is 21.8 Å². The zero-order valence-electron chi connectivity index (χ0n) is 17.8. The predicted molar refractivity (Wildman–Crippen MR) is 113 cm³/mol. The lowest BCUT2D eigenvalue weighted by molar-refractivity contribution is 0.0474. The third kappa shape index (κ3) is 4.52. The maximum atomic E-state index is 12.6. The van der Waals surface area contributed by atoms with Crippen LogP contribution in [0.25, 0.3) is 0 Å². The fourth-order valence-electron chi connectivity index (χ4n) is 3.74. The SMILES string of the molecule is COc1ccc(C(=O)OCC(=O)c2cc(C)n(C3CC3)c2C)cc1S(=O)(=O)NC1CC1. The summed E-state index contributed by atoms with van der Waals surface area (Å²) in [5.41, 5.74) is 2.48. The second-order valence-electron chi connectivity index (χ2n) is 8.15. The van der Waals surface area contributed by atoms with E-state index in [4.69, 9.17) is 9.47 Å². The second-order valence-corrected chi connectivity index (χ2v) is 9.83. The van der Waals surface area contributed by atoms with E-state index in [1.807, 2.05) is 19.9 Å². The first-order valence-corrected chi connectivity index (χ1v) is 11.8. The first-order chi connectivity index (χ1) is 14.7. The van der Waals surface area contributed by atoms with Gasteiger partial charge in [0.15, 0.2) is 6.61 Å². The standard InChI is InChI=1S/C22H26N2O6S/c1-13-10-18(14(2)24(13)17-7-8-17)19(25)12-30-22(26)15-4-9-20(29-3)21(11-15)31(27,28)23-16-5-6-16/h4,9-11,16-17,23H,5-8,12H2,1-3H3. The molecule has 0 aliphatic heterocycles. The zero-order chi connectivity index (χ0) is 22.3. The number of nitrogens with one attached hydrogen (secondary N) is 1. The zero-order valence-corrected chi connectivity index (χ0v) is 18.6. The van der Waals surface area contributed by atoms with Crippen molar-refractivity contribution in [1.29, 1.82) is 0 Å². The summed E-state index contributed by atoms with van der Waals surface area (Å²) in [5, 5.41) is 0. The Morgan fingerprint density at radius 3 is 2.45 bits per heavy atom. The van der Waals surface area contributed by atoms with E-state index in [1.54, 1.807) is 0 Å². The van der Waals surface area contributed by atoms with Crippen LogP contribution in [0.2, 0.25) is 0 Å². The van der Waals surface area contributed by atoms with E-state index < -0.39 is 22.6 Å². The fourth-order valence-corrected chi connectivity index (χ4v) is 5.24. The number of benzene rings is 1. The van der Waals surface area contributed by atoms with Crippen LogP contribution < -0.4 is 9.46 Å². The highest BCUT2D eigenvalue weighted by atomic mass is 32.2. The van der Waals surface area contributed by atoms with Crippen LogP contribution >= 0.6 is 0 Å². The molecule has 0 bridgehead atoms. The van der Waals surface area contributed by atoms with Gasteiger partial charge >= 0.3 is 5.97 Å². The Bertz CT molecular complexity index is 1140. The van der Waals surface area contributed by atoms with E-state index in [0.29, 0.717) is 11.6 Å². The number of nitrogens with zero attached hydrogens (tertiary/aromatic N) is 1. The monoisotopic (exact) mass is 446 g/mol. The average molecular weight is 447 g/mol. The number of aromatic nitrogens is 1. The molecule has 9 heteroatoms. The first-order valence-electron chi connectivity index (χ1n) is 10.3. The van der Waals surface area contributed by atoms with Crippen molar-refractivity contribution < 1.29 is 27.5 Å². The predicted octanol–water partition coefficient (Wildman–Crippen LogP) is 2.93. The fraction of sp³-hybridized carbons (Fsp3) is 0.455. The van der Waals surface area contributed by atoms with Crippen LogP contribution in [0.5, 0.6) is 5.75 Å². The van der Waals surface area contributed by atoms with Gasteiger partial charge in [-0.3, -0.25) is 4.79 Å². The molecule has 1 N–H and O–H groups in total. The van der Waals surface area contributed by atoms with Crippen LogP contribution in [0.3, 0.4) is 0 Å². The van der Waals surface area contributed by atoms with E-state index in [0.717, 1.165) is 37.1 Å². The van der Waals surface area contributed by atoms with Gasteiger partial charge in [-0.15, -0.1) is 0 Å². The lowest BCUT2D eigenvalue weighted by Gasteiger charge is -2.12. The number of sulfonamides is 1. The van der Waals surface area contributed by atoms with Gasteiger partial charge in [-0.2, -0.15) is 0 Å². The van der Waals surface area contributed by atoms with E-state index in [-0.39, 0.29) is 28.0 Å². The highest BCUT2D eigenvalue weighted by molar-refractivity contribution is 7.89. The molecule has 0 amide bonds. The third-order valence-corrected chi connectivity index (χ3v) is 7.16. The summed E-state index contributed by atoms with van der Waals surface area (Å²) in [6.45, 7) is 3.44. The molecule has 0 atom stereocenters. The van der Waals surface area contributed by atoms with Gasteiger partial charge < -0.3 is 14.0 Å². The van der Waals surface area contributed by atoms with Crippen molar-refractivity contribution in [3.63, 3.8) is 0 Å². The molecule has 0 saturated heterocycles. The number of hydrogen-bond acceptors (Lipinski definition) is 6. The van der Waals surface area contributed by atoms with Gasteiger partial charge in [-0.05, 0) is 63.8 Å². The normalized spacial score (nSPS) is 16.2. The smallest absolute Gasteiger partial charge is 0.338 e. The minimum atomic E-state index is -3.83. The maximum Gasteiger partial charge on any atom is 0.338 e. The summed E-state index contributed by atoms with van der Waals surface area (Å²) in [6, 6.07) is 6.23. The van der Waals surface area contributed by atoms with Gasteiger partial charge in [0.25, 0.3) is 0 Å². The molecule has 2 fully saturated rings. The van der Waals surface area contributed by atoms with E-state index in [9.17, 15) is 18.0 Å². The lowest BCUT2D eigenvalue weighted by atomic mass is 10.1. The molecule has 166 valence electrons. The van der Waals surface area contributed by atoms with Gasteiger partial charge in [0.2, 0.25) is 15.8 Å². The van der Waals surface area contributed by atoms with Gasteiger partial charge in [-0.25, -0.2) is 17.9 Å². The van der Waals surface area contributed by atoms with Crippen molar-refractivity contribution in [2.24, 2.45) is 0 Å². The number of ketones is 1. The van der Waals surface area contributed by atoms with Gasteiger partial charge in [0.05, 0.1) is 12.7 Å². The van der Waals surface area contributed by atoms with Crippen LogP contribution in [0.1, 0.15) is 63.8 Å². The average Bonchev–Trinajstić information content (AvgIpc) is 3.66. The Hall–Kier alpha value is -2.65. The molecule has 1 aromatic heterocycles. The number of hydrogen-bond donors (Lipinski definition) is 1. The molecular formula is C22H26N2O6S. The van der Waals surface area contributed by atoms with Crippen LogP contribution in [0.15, 0.2) is 29.2 Å². The molecule has 31 heavy (non-hydrogen) atoms. The Kier molecular flexibility index (Phi) is 5.65. The lowest BCUT2D eigenvalue weighted by Crippen LogP contribution is -2.26. The number of carbonyl (C=O) groups excluding carboxylic acids is 2. The molecule has 1 heterocycles. The van der Waals surface area contributed by atoms with Crippen molar-refractivity contribution in [3.05, 3.63) is 46.8 Å². The number of aryl methyl sites for hydroxylation is 1. The topological polar surface area (TPSA) is 104 Å². The third-order valence-electron chi connectivity index (χ3n) is 5.62. The summed E-state index contributed by atoms with van der Waals surface area (Å²) < 4.78 is 40.3. The van der Waals surface area contributed by atoms with Crippen LogP contribution in [0, 0.1) is 13.8 Å². The minimum Gasteiger partial charge on any atom is -0.495 e.